The van der Waals surface area contributed by atoms with E-state index in [0.717, 1.165) is 5.75 Å². The van der Waals surface area contributed by atoms with Gasteiger partial charge in [-0.1, -0.05) is 11.6 Å². The summed E-state index contributed by atoms with van der Waals surface area (Å²) >= 11 is 5.89. The van der Waals surface area contributed by atoms with Crippen molar-refractivity contribution in [1.29, 1.82) is 0 Å². The number of ether oxygens (including phenoxy) is 2. The van der Waals surface area contributed by atoms with Gasteiger partial charge in [0.05, 0.1) is 14.2 Å². The number of hydrogen-bond acceptors (Lipinski definition) is 6. The van der Waals surface area contributed by atoms with Gasteiger partial charge in [-0.3, -0.25) is 0 Å². The summed E-state index contributed by atoms with van der Waals surface area (Å²) in [5.41, 5.74) is 0.701. The van der Waals surface area contributed by atoms with Gasteiger partial charge in [0.15, 0.2) is 9.82 Å². The van der Waals surface area contributed by atoms with Crippen LogP contribution in [0.4, 0.5) is 5.69 Å². The maximum atomic E-state index is 5.89. The second kappa shape index (κ2) is 5.48. The van der Waals surface area contributed by atoms with E-state index in [9.17, 15) is 0 Å². The lowest BCUT2D eigenvalue weighted by molar-refractivity contribution is 0.395. The summed E-state index contributed by atoms with van der Waals surface area (Å²) in [4.78, 5) is 4.40. The molecule has 0 aliphatic heterocycles. The standard InChI is InChI=1S/C10H9ClN2O2S2/c1-14-6-3-4-7(8(5-6)15-2)12-10-9(11)13-17-16-10/h3-5H,1-2H3. The average molecular weight is 289 g/mol. The molecule has 0 aliphatic rings. The van der Waals surface area contributed by atoms with E-state index < -0.39 is 0 Å². The molecule has 0 N–H and O–H groups in total. The third-order valence-corrected chi connectivity index (χ3v) is 4.19. The molecule has 17 heavy (non-hydrogen) atoms. The Labute approximate surface area is 111 Å². The highest BCUT2D eigenvalue weighted by atomic mass is 35.5. The molecule has 2 aromatic rings. The molecule has 0 radical (unpaired) electrons. The van der Waals surface area contributed by atoms with Gasteiger partial charge in [0.1, 0.15) is 17.2 Å². The Kier molecular flexibility index (Phi) is 3.98. The van der Waals surface area contributed by atoms with Gasteiger partial charge >= 0.3 is 0 Å². The number of hydrogen-bond donors (Lipinski definition) is 0. The van der Waals surface area contributed by atoms with Crippen LogP contribution in [0.5, 0.6) is 11.5 Å². The van der Waals surface area contributed by atoms with E-state index in [1.807, 2.05) is 12.1 Å². The zero-order chi connectivity index (χ0) is 12.3. The molecule has 0 aliphatic carbocycles. The molecule has 0 saturated carbocycles. The fourth-order valence-corrected chi connectivity index (χ4v) is 3.20. The first-order valence-corrected chi connectivity index (χ1v) is 7.11. The van der Waals surface area contributed by atoms with Gasteiger partial charge in [0, 0.05) is 16.6 Å². The summed E-state index contributed by atoms with van der Waals surface area (Å²) in [5.74, 6) is 1.36. The molecular formula is C10H9ClN2O2S2. The topological polar surface area (TPSA) is 43.7 Å². The maximum absolute atomic E-state index is 5.89. The second-order valence-corrected chi connectivity index (χ2v) is 5.18. The van der Waals surface area contributed by atoms with Crippen LogP contribution >= 0.6 is 32.5 Å². The Hall–Kier alpha value is -1.11. The number of aromatic nitrogens is 1. The number of halogens is 1. The number of benzene rings is 1. The monoisotopic (exact) mass is 288 g/mol. The lowest BCUT2D eigenvalue weighted by Gasteiger charge is -2.06. The third kappa shape index (κ3) is 2.77. The molecule has 1 aromatic carbocycles. The minimum atomic E-state index is 0.415. The molecule has 4 nitrogen and oxygen atoms in total. The Balaban J connectivity index is 2.50. The molecule has 0 saturated heterocycles. The Morgan fingerprint density at radius 1 is 1.29 bits per heavy atom. The molecule has 0 unspecified atom stereocenters. The lowest BCUT2D eigenvalue weighted by atomic mass is 10.3. The van der Waals surface area contributed by atoms with E-state index >= 15 is 0 Å². The smallest absolute Gasteiger partial charge is 0.179 e. The first-order chi connectivity index (χ1) is 8.24. The van der Waals surface area contributed by atoms with Crippen molar-refractivity contribution in [2.24, 2.45) is 4.99 Å². The van der Waals surface area contributed by atoms with Gasteiger partial charge in [-0.2, -0.15) is 4.37 Å². The highest BCUT2D eigenvalue weighted by molar-refractivity contribution is 7.66. The van der Waals surface area contributed by atoms with Crippen LogP contribution in [0, 0.1) is 0 Å². The summed E-state index contributed by atoms with van der Waals surface area (Å²) in [7, 11) is 5.92. The van der Waals surface area contributed by atoms with Crippen LogP contribution in [0.1, 0.15) is 0 Å². The highest BCUT2D eigenvalue weighted by Crippen LogP contribution is 2.31. The van der Waals surface area contributed by atoms with E-state index in [1.54, 1.807) is 20.3 Å². The summed E-state index contributed by atoms with van der Waals surface area (Å²) in [6.45, 7) is 0. The van der Waals surface area contributed by atoms with Gasteiger partial charge in [-0.25, -0.2) is 4.99 Å². The predicted octanol–water partition coefficient (Wildman–Crippen LogP) is 3.11. The summed E-state index contributed by atoms with van der Waals surface area (Å²) in [6.07, 6.45) is 0. The van der Waals surface area contributed by atoms with Crippen molar-refractivity contribution in [2.45, 2.75) is 0 Å². The molecule has 0 spiro atoms. The summed E-state index contributed by atoms with van der Waals surface area (Å²) in [5, 5.41) is 0.415. The van der Waals surface area contributed by atoms with Crippen molar-refractivity contribution in [3.05, 3.63) is 28.0 Å². The van der Waals surface area contributed by atoms with Crippen molar-refractivity contribution < 1.29 is 9.47 Å². The fraction of sp³-hybridized carbons (Fsp3) is 0.200. The van der Waals surface area contributed by atoms with Gasteiger partial charge in [-0.15, -0.1) is 0 Å². The Morgan fingerprint density at radius 3 is 2.71 bits per heavy atom. The first kappa shape index (κ1) is 12.3. The molecule has 0 amide bonds. The molecule has 0 fully saturated rings. The zero-order valence-electron chi connectivity index (χ0n) is 9.14. The number of nitrogens with zero attached hydrogens (tertiary/aromatic N) is 2. The minimum absolute atomic E-state index is 0.415. The van der Waals surface area contributed by atoms with Crippen LogP contribution < -0.4 is 14.1 Å². The molecule has 0 bridgehead atoms. The van der Waals surface area contributed by atoms with Crippen LogP contribution in [-0.2, 0) is 0 Å². The molecule has 7 heteroatoms. The second-order valence-electron chi connectivity index (χ2n) is 2.99. The van der Waals surface area contributed by atoms with E-state index in [0.29, 0.717) is 21.3 Å². The lowest BCUT2D eigenvalue weighted by Crippen LogP contribution is -1.94. The third-order valence-electron chi connectivity index (χ3n) is 2.02. The molecular weight excluding hydrogens is 280 g/mol. The number of methoxy groups -OCH3 is 2. The van der Waals surface area contributed by atoms with Crippen molar-refractivity contribution >= 4 is 38.2 Å². The Bertz CT molecular complexity index is 580. The van der Waals surface area contributed by atoms with Crippen LogP contribution in [0.3, 0.4) is 0 Å². The van der Waals surface area contributed by atoms with Crippen molar-refractivity contribution in [3.8, 4) is 11.5 Å². The SMILES string of the molecule is COc1ccc(N=c2ssnc2Cl)c(OC)c1. The van der Waals surface area contributed by atoms with Crippen molar-refractivity contribution in [2.75, 3.05) is 14.2 Å². The Morgan fingerprint density at radius 2 is 2.12 bits per heavy atom. The summed E-state index contributed by atoms with van der Waals surface area (Å²) in [6, 6.07) is 5.41. The molecule has 1 aromatic heterocycles. The highest BCUT2D eigenvalue weighted by Gasteiger charge is 2.05. The van der Waals surface area contributed by atoms with Gasteiger partial charge in [0.2, 0.25) is 0 Å². The van der Waals surface area contributed by atoms with Crippen LogP contribution in [-0.4, -0.2) is 18.6 Å². The largest absolute Gasteiger partial charge is 0.497 e. The minimum Gasteiger partial charge on any atom is -0.497 e. The molecule has 2 rings (SSSR count). The van der Waals surface area contributed by atoms with E-state index in [2.05, 4.69) is 9.37 Å². The van der Waals surface area contributed by atoms with Crippen molar-refractivity contribution in [1.82, 2.24) is 4.37 Å². The van der Waals surface area contributed by atoms with E-state index in [-0.39, 0.29) is 0 Å². The quantitative estimate of drug-likeness (QED) is 0.815. The van der Waals surface area contributed by atoms with Crippen LogP contribution in [0.2, 0.25) is 5.15 Å². The van der Waals surface area contributed by atoms with Crippen LogP contribution in [0.15, 0.2) is 23.2 Å². The molecule has 0 atom stereocenters. The normalized spacial score (nSPS) is 11.6. The van der Waals surface area contributed by atoms with Gasteiger partial charge in [-0.05, 0) is 22.5 Å². The van der Waals surface area contributed by atoms with Gasteiger partial charge in [0.25, 0.3) is 0 Å². The van der Waals surface area contributed by atoms with Crippen molar-refractivity contribution in [3.63, 3.8) is 0 Å². The summed E-state index contributed by atoms with van der Waals surface area (Å²) < 4.78 is 15.0. The fourth-order valence-electron chi connectivity index (χ4n) is 1.21. The first-order valence-electron chi connectivity index (χ1n) is 4.63. The molecule has 1 heterocycles. The van der Waals surface area contributed by atoms with E-state index in [4.69, 9.17) is 21.1 Å². The maximum Gasteiger partial charge on any atom is 0.179 e. The average Bonchev–Trinajstić information content (AvgIpc) is 2.75. The zero-order valence-corrected chi connectivity index (χ0v) is 11.5. The molecule has 90 valence electrons. The predicted molar refractivity (Wildman–Crippen MR) is 69.8 cm³/mol. The van der Waals surface area contributed by atoms with Gasteiger partial charge < -0.3 is 9.47 Å². The number of rotatable bonds is 3. The van der Waals surface area contributed by atoms with E-state index in [1.165, 1.54) is 20.9 Å². The van der Waals surface area contributed by atoms with Crippen LogP contribution in [0.25, 0.3) is 0 Å².